The van der Waals surface area contributed by atoms with Crippen molar-refractivity contribution in [3.05, 3.63) is 101 Å². The molecular weight excluding hydrogens is 352 g/mol. The van der Waals surface area contributed by atoms with Gasteiger partial charge < -0.3 is 5.32 Å². The Morgan fingerprint density at radius 3 is 2.67 bits per heavy atom. The maximum Gasteiger partial charge on any atom is 0.0485 e. The normalized spacial score (nSPS) is 12.2. The summed E-state index contributed by atoms with van der Waals surface area (Å²) in [5, 5.41) is 6.96. The fourth-order valence-electron chi connectivity index (χ4n) is 3.43. The van der Waals surface area contributed by atoms with E-state index in [1.54, 1.807) is 6.20 Å². The zero-order valence-corrected chi connectivity index (χ0v) is 15.9. The molecule has 4 rings (SSSR count). The fraction of sp³-hybridized carbons (Fsp3) is 0.125. The highest BCUT2D eigenvalue weighted by Gasteiger charge is 2.10. The highest BCUT2D eigenvalue weighted by atomic mass is 35.5. The molecule has 0 aliphatic heterocycles. The average molecular weight is 373 g/mol. The van der Waals surface area contributed by atoms with Gasteiger partial charge in [0.1, 0.15) is 0 Å². The first-order valence-electron chi connectivity index (χ1n) is 9.12. The molecule has 1 N–H and O–H groups in total. The summed E-state index contributed by atoms with van der Waals surface area (Å²) in [6.45, 7) is 2.98. The van der Waals surface area contributed by atoms with Gasteiger partial charge in [-0.25, -0.2) is 0 Å². The molecule has 0 spiro atoms. The Labute approximate surface area is 164 Å². The molecule has 0 fully saturated rings. The standard InChI is InChI=1S/C24H21ClN2/c1-17(21-10-4-7-19-6-2-3-9-22(19)21)27-15-18-11-12-24(25)23(14-18)20-8-5-13-26-16-20/h2-14,16-17,27H,15H2,1H3. The van der Waals surface area contributed by atoms with Crippen molar-refractivity contribution in [3.63, 3.8) is 0 Å². The maximum absolute atomic E-state index is 6.41. The van der Waals surface area contributed by atoms with Crippen LogP contribution in [0.2, 0.25) is 5.02 Å². The molecule has 1 heterocycles. The van der Waals surface area contributed by atoms with Crippen LogP contribution in [0.4, 0.5) is 0 Å². The number of nitrogens with one attached hydrogen (secondary N) is 1. The minimum absolute atomic E-state index is 0.244. The SMILES string of the molecule is CC(NCc1ccc(Cl)c(-c2cccnc2)c1)c1cccc2ccccc12. The van der Waals surface area contributed by atoms with Crippen LogP contribution in [0.25, 0.3) is 21.9 Å². The summed E-state index contributed by atoms with van der Waals surface area (Å²) in [5.41, 5.74) is 4.56. The highest BCUT2D eigenvalue weighted by Crippen LogP contribution is 2.29. The van der Waals surface area contributed by atoms with Crippen molar-refractivity contribution < 1.29 is 0 Å². The monoisotopic (exact) mass is 372 g/mol. The lowest BCUT2D eigenvalue weighted by atomic mass is 9.99. The molecular formula is C24H21ClN2. The van der Waals surface area contributed by atoms with Gasteiger partial charge in [-0.1, -0.05) is 66.2 Å². The smallest absolute Gasteiger partial charge is 0.0485 e. The number of rotatable bonds is 5. The Morgan fingerprint density at radius 1 is 0.963 bits per heavy atom. The minimum atomic E-state index is 0.244. The number of aromatic nitrogens is 1. The molecule has 0 bridgehead atoms. The van der Waals surface area contributed by atoms with Crippen LogP contribution in [0.1, 0.15) is 24.1 Å². The number of halogens is 1. The predicted molar refractivity (Wildman–Crippen MR) is 114 cm³/mol. The van der Waals surface area contributed by atoms with E-state index in [9.17, 15) is 0 Å². The number of nitrogens with zero attached hydrogens (tertiary/aromatic N) is 1. The average Bonchev–Trinajstić information content (AvgIpc) is 2.73. The van der Waals surface area contributed by atoms with Gasteiger partial charge in [0.25, 0.3) is 0 Å². The third kappa shape index (κ3) is 3.87. The van der Waals surface area contributed by atoms with Crippen LogP contribution >= 0.6 is 11.6 Å². The fourth-order valence-corrected chi connectivity index (χ4v) is 3.66. The van der Waals surface area contributed by atoms with Crippen LogP contribution in [0.3, 0.4) is 0 Å². The van der Waals surface area contributed by atoms with Gasteiger partial charge in [0.2, 0.25) is 0 Å². The summed E-state index contributed by atoms with van der Waals surface area (Å²) < 4.78 is 0. The number of pyridine rings is 1. The van der Waals surface area contributed by atoms with Crippen molar-refractivity contribution >= 4 is 22.4 Å². The number of benzene rings is 3. The van der Waals surface area contributed by atoms with E-state index < -0.39 is 0 Å². The van der Waals surface area contributed by atoms with E-state index in [1.807, 2.05) is 24.4 Å². The van der Waals surface area contributed by atoms with Crippen molar-refractivity contribution in [3.8, 4) is 11.1 Å². The van der Waals surface area contributed by atoms with E-state index in [2.05, 4.69) is 71.8 Å². The maximum atomic E-state index is 6.41. The third-order valence-corrected chi connectivity index (χ3v) is 5.24. The number of hydrogen-bond donors (Lipinski definition) is 1. The van der Waals surface area contributed by atoms with Crippen LogP contribution in [-0.2, 0) is 6.54 Å². The first-order chi connectivity index (χ1) is 13.2. The summed E-state index contributed by atoms with van der Waals surface area (Å²) in [5.74, 6) is 0. The Morgan fingerprint density at radius 2 is 1.81 bits per heavy atom. The van der Waals surface area contributed by atoms with Gasteiger partial charge in [-0.2, -0.15) is 0 Å². The van der Waals surface area contributed by atoms with Crippen molar-refractivity contribution in [1.82, 2.24) is 10.3 Å². The lowest BCUT2D eigenvalue weighted by Crippen LogP contribution is -2.18. The van der Waals surface area contributed by atoms with Crippen LogP contribution in [-0.4, -0.2) is 4.98 Å². The minimum Gasteiger partial charge on any atom is -0.306 e. The summed E-state index contributed by atoms with van der Waals surface area (Å²) in [6.07, 6.45) is 3.62. The molecule has 0 amide bonds. The van der Waals surface area contributed by atoms with Crippen molar-refractivity contribution in [2.24, 2.45) is 0 Å². The van der Waals surface area contributed by atoms with Gasteiger partial charge in [0.05, 0.1) is 0 Å². The van der Waals surface area contributed by atoms with Gasteiger partial charge in [-0.15, -0.1) is 0 Å². The quantitative estimate of drug-likeness (QED) is 0.438. The Hall–Kier alpha value is -2.68. The molecule has 3 heteroatoms. The van der Waals surface area contributed by atoms with Crippen LogP contribution in [0.15, 0.2) is 85.2 Å². The first-order valence-corrected chi connectivity index (χ1v) is 9.50. The first kappa shape index (κ1) is 17.7. The van der Waals surface area contributed by atoms with Crippen LogP contribution in [0, 0.1) is 0 Å². The van der Waals surface area contributed by atoms with E-state index >= 15 is 0 Å². The van der Waals surface area contributed by atoms with E-state index in [0.717, 1.165) is 22.7 Å². The summed E-state index contributed by atoms with van der Waals surface area (Å²) in [6, 6.07) is 25.4. The van der Waals surface area contributed by atoms with E-state index in [-0.39, 0.29) is 6.04 Å². The van der Waals surface area contributed by atoms with Gasteiger partial charge in [-0.05, 0) is 47.0 Å². The Kier molecular flexibility index (Phi) is 5.19. The van der Waals surface area contributed by atoms with Crippen molar-refractivity contribution in [1.29, 1.82) is 0 Å². The Balaban J connectivity index is 1.55. The largest absolute Gasteiger partial charge is 0.306 e. The second-order valence-electron chi connectivity index (χ2n) is 6.73. The molecule has 0 aliphatic rings. The van der Waals surface area contributed by atoms with Gasteiger partial charge in [-0.3, -0.25) is 4.98 Å². The second-order valence-corrected chi connectivity index (χ2v) is 7.13. The third-order valence-electron chi connectivity index (χ3n) is 4.91. The summed E-state index contributed by atoms with van der Waals surface area (Å²) in [7, 11) is 0. The lowest BCUT2D eigenvalue weighted by Gasteiger charge is -2.17. The summed E-state index contributed by atoms with van der Waals surface area (Å²) >= 11 is 6.41. The van der Waals surface area contributed by atoms with Crippen molar-refractivity contribution in [2.75, 3.05) is 0 Å². The zero-order chi connectivity index (χ0) is 18.6. The Bertz CT molecular complexity index is 1050. The van der Waals surface area contributed by atoms with E-state index in [1.165, 1.54) is 21.9 Å². The number of hydrogen-bond acceptors (Lipinski definition) is 2. The highest BCUT2D eigenvalue weighted by molar-refractivity contribution is 6.33. The molecule has 4 aromatic rings. The van der Waals surface area contributed by atoms with Crippen LogP contribution < -0.4 is 5.32 Å². The molecule has 0 saturated carbocycles. The molecule has 1 atom stereocenters. The topological polar surface area (TPSA) is 24.9 Å². The molecule has 0 aliphatic carbocycles. The molecule has 2 nitrogen and oxygen atoms in total. The lowest BCUT2D eigenvalue weighted by molar-refractivity contribution is 0.578. The molecule has 0 saturated heterocycles. The molecule has 1 aromatic heterocycles. The van der Waals surface area contributed by atoms with Gasteiger partial charge in [0, 0.05) is 41.1 Å². The predicted octanol–water partition coefficient (Wildman–Crippen LogP) is 6.41. The number of fused-ring (bicyclic) bond motifs is 1. The van der Waals surface area contributed by atoms with E-state index in [0.29, 0.717) is 0 Å². The zero-order valence-electron chi connectivity index (χ0n) is 15.2. The van der Waals surface area contributed by atoms with Gasteiger partial charge in [0.15, 0.2) is 0 Å². The van der Waals surface area contributed by atoms with Crippen LogP contribution in [0.5, 0.6) is 0 Å². The molecule has 3 aromatic carbocycles. The van der Waals surface area contributed by atoms with E-state index in [4.69, 9.17) is 11.6 Å². The van der Waals surface area contributed by atoms with Gasteiger partial charge >= 0.3 is 0 Å². The van der Waals surface area contributed by atoms with Crippen molar-refractivity contribution in [2.45, 2.75) is 19.5 Å². The molecule has 1 unspecified atom stereocenters. The molecule has 134 valence electrons. The molecule has 27 heavy (non-hydrogen) atoms. The summed E-state index contributed by atoms with van der Waals surface area (Å²) in [4.78, 5) is 4.20. The molecule has 0 radical (unpaired) electrons. The second kappa shape index (κ2) is 7.91.